The molecule has 0 saturated carbocycles. The van der Waals surface area contributed by atoms with Gasteiger partial charge in [0.05, 0.1) is 6.61 Å². The molecule has 0 aromatic heterocycles. The molecule has 112 valence electrons. The van der Waals surface area contributed by atoms with Crippen molar-refractivity contribution < 1.29 is 19.4 Å². The van der Waals surface area contributed by atoms with Crippen LogP contribution < -0.4 is 5.32 Å². The lowest BCUT2D eigenvalue weighted by Crippen LogP contribution is -2.29. The summed E-state index contributed by atoms with van der Waals surface area (Å²) in [6.45, 7) is 3.22. The monoisotopic (exact) mass is 281 g/mol. The Morgan fingerprint density at radius 3 is 2.75 bits per heavy atom. The third kappa shape index (κ3) is 7.76. The minimum Gasteiger partial charge on any atom is -0.447 e. The summed E-state index contributed by atoms with van der Waals surface area (Å²) >= 11 is 0. The smallest absolute Gasteiger partial charge is 0.407 e. The summed E-state index contributed by atoms with van der Waals surface area (Å²) in [7, 11) is 0. The Bertz CT molecular complexity index is 369. The molecular formula is C15H23NO4. The van der Waals surface area contributed by atoms with Gasteiger partial charge in [0.15, 0.2) is 0 Å². The van der Waals surface area contributed by atoms with Crippen LogP contribution in [-0.2, 0) is 16.0 Å². The summed E-state index contributed by atoms with van der Waals surface area (Å²) in [5.41, 5.74) is 0.993. The second kappa shape index (κ2) is 10.2. The van der Waals surface area contributed by atoms with E-state index in [-0.39, 0.29) is 13.2 Å². The molecule has 1 unspecified atom stereocenters. The highest BCUT2D eigenvalue weighted by atomic mass is 16.6. The van der Waals surface area contributed by atoms with E-state index in [2.05, 4.69) is 12.2 Å². The lowest BCUT2D eigenvalue weighted by Gasteiger charge is -2.12. The zero-order valence-corrected chi connectivity index (χ0v) is 11.9. The second-order valence-corrected chi connectivity index (χ2v) is 4.52. The molecule has 5 nitrogen and oxygen atoms in total. The minimum atomic E-state index is -0.783. The van der Waals surface area contributed by atoms with Crippen molar-refractivity contribution >= 4 is 6.09 Å². The van der Waals surface area contributed by atoms with Gasteiger partial charge in [0, 0.05) is 13.2 Å². The number of hydrogen-bond donors (Lipinski definition) is 2. The van der Waals surface area contributed by atoms with Crippen LogP contribution >= 0.6 is 0 Å². The SMILES string of the molecule is CCCCOCC(O)COC(=O)NCc1ccccc1. The number of unbranched alkanes of at least 4 members (excludes halogenated alkanes) is 1. The predicted molar refractivity (Wildman–Crippen MR) is 76.4 cm³/mol. The predicted octanol–water partition coefficient (Wildman–Crippen LogP) is 2.09. The van der Waals surface area contributed by atoms with Crippen LogP contribution in [-0.4, -0.2) is 37.1 Å². The van der Waals surface area contributed by atoms with Crippen molar-refractivity contribution in [1.82, 2.24) is 5.32 Å². The molecule has 5 heteroatoms. The Hall–Kier alpha value is -1.59. The molecule has 1 atom stereocenters. The van der Waals surface area contributed by atoms with E-state index in [0.29, 0.717) is 13.2 Å². The van der Waals surface area contributed by atoms with Crippen LogP contribution in [0, 0.1) is 0 Å². The highest BCUT2D eigenvalue weighted by molar-refractivity contribution is 5.67. The normalized spacial score (nSPS) is 11.9. The van der Waals surface area contributed by atoms with E-state index in [0.717, 1.165) is 18.4 Å². The van der Waals surface area contributed by atoms with Gasteiger partial charge in [0.1, 0.15) is 12.7 Å². The van der Waals surface area contributed by atoms with Crippen molar-refractivity contribution in [3.8, 4) is 0 Å². The van der Waals surface area contributed by atoms with Crippen LogP contribution in [0.2, 0.25) is 0 Å². The van der Waals surface area contributed by atoms with Gasteiger partial charge in [-0.15, -0.1) is 0 Å². The first kappa shape index (κ1) is 16.5. The summed E-state index contributed by atoms with van der Waals surface area (Å²) in [5.74, 6) is 0. The largest absolute Gasteiger partial charge is 0.447 e. The van der Waals surface area contributed by atoms with Crippen molar-refractivity contribution in [2.75, 3.05) is 19.8 Å². The number of hydrogen-bond acceptors (Lipinski definition) is 4. The van der Waals surface area contributed by atoms with Crippen LogP contribution in [0.3, 0.4) is 0 Å². The minimum absolute atomic E-state index is 0.0627. The molecule has 1 rings (SSSR count). The maximum absolute atomic E-state index is 11.4. The Labute approximate surface area is 119 Å². The fraction of sp³-hybridized carbons (Fsp3) is 0.533. The summed E-state index contributed by atoms with van der Waals surface area (Å²) < 4.78 is 10.1. The first-order chi connectivity index (χ1) is 9.72. The molecule has 1 aromatic carbocycles. The van der Waals surface area contributed by atoms with Gasteiger partial charge in [-0.1, -0.05) is 43.7 Å². The van der Waals surface area contributed by atoms with Crippen LogP contribution in [0.4, 0.5) is 4.79 Å². The molecular weight excluding hydrogens is 258 g/mol. The lowest BCUT2D eigenvalue weighted by molar-refractivity contribution is -0.000623. The van der Waals surface area contributed by atoms with Crippen molar-refractivity contribution in [3.63, 3.8) is 0 Å². The molecule has 1 amide bonds. The van der Waals surface area contributed by atoms with Crippen molar-refractivity contribution in [2.45, 2.75) is 32.4 Å². The number of nitrogens with one attached hydrogen (secondary N) is 1. The highest BCUT2D eigenvalue weighted by Gasteiger charge is 2.08. The van der Waals surface area contributed by atoms with E-state index in [1.165, 1.54) is 0 Å². The maximum atomic E-state index is 11.4. The first-order valence-corrected chi connectivity index (χ1v) is 6.92. The fourth-order valence-corrected chi connectivity index (χ4v) is 1.51. The van der Waals surface area contributed by atoms with Crippen molar-refractivity contribution in [1.29, 1.82) is 0 Å². The molecule has 1 aromatic rings. The van der Waals surface area contributed by atoms with Gasteiger partial charge >= 0.3 is 6.09 Å². The Morgan fingerprint density at radius 2 is 2.05 bits per heavy atom. The number of aliphatic hydroxyl groups is 1. The number of aliphatic hydroxyl groups excluding tert-OH is 1. The van der Waals surface area contributed by atoms with Crippen LogP contribution in [0.25, 0.3) is 0 Å². The molecule has 0 fully saturated rings. The number of benzene rings is 1. The van der Waals surface area contributed by atoms with E-state index in [4.69, 9.17) is 9.47 Å². The zero-order chi connectivity index (χ0) is 14.6. The maximum Gasteiger partial charge on any atom is 0.407 e. The van der Waals surface area contributed by atoms with Crippen molar-refractivity contribution in [3.05, 3.63) is 35.9 Å². The van der Waals surface area contributed by atoms with Gasteiger partial charge in [0.25, 0.3) is 0 Å². The molecule has 0 saturated heterocycles. The third-order valence-electron chi connectivity index (χ3n) is 2.64. The summed E-state index contributed by atoms with van der Waals surface area (Å²) in [6, 6.07) is 9.55. The molecule has 0 heterocycles. The average molecular weight is 281 g/mol. The van der Waals surface area contributed by atoms with Crippen molar-refractivity contribution in [2.24, 2.45) is 0 Å². The quantitative estimate of drug-likeness (QED) is 0.680. The zero-order valence-electron chi connectivity index (χ0n) is 11.9. The number of carbonyl (C=O) groups excluding carboxylic acids is 1. The molecule has 0 aliphatic rings. The third-order valence-corrected chi connectivity index (χ3v) is 2.64. The number of carbonyl (C=O) groups is 1. The van der Waals surface area contributed by atoms with E-state index in [1.807, 2.05) is 30.3 Å². The standard InChI is InChI=1S/C15H23NO4/c1-2-3-9-19-11-14(17)12-20-15(18)16-10-13-7-5-4-6-8-13/h4-8,14,17H,2-3,9-12H2,1H3,(H,16,18). The average Bonchev–Trinajstić information content (AvgIpc) is 2.48. The molecule has 0 spiro atoms. The van der Waals surface area contributed by atoms with E-state index in [1.54, 1.807) is 0 Å². The highest BCUT2D eigenvalue weighted by Crippen LogP contribution is 1.98. The summed E-state index contributed by atoms with van der Waals surface area (Å²) in [4.78, 5) is 11.4. The van der Waals surface area contributed by atoms with Crippen LogP contribution in [0.1, 0.15) is 25.3 Å². The molecule has 0 bridgehead atoms. The molecule has 20 heavy (non-hydrogen) atoms. The van der Waals surface area contributed by atoms with Gasteiger partial charge in [-0.3, -0.25) is 0 Å². The molecule has 0 aliphatic heterocycles. The van der Waals surface area contributed by atoms with E-state index >= 15 is 0 Å². The molecule has 2 N–H and O–H groups in total. The van der Waals surface area contributed by atoms with Gasteiger partial charge in [-0.25, -0.2) is 4.79 Å². The van der Waals surface area contributed by atoms with E-state index < -0.39 is 12.2 Å². The summed E-state index contributed by atoms with van der Waals surface area (Å²) in [6.07, 6.45) is 0.690. The Kier molecular flexibility index (Phi) is 8.42. The lowest BCUT2D eigenvalue weighted by atomic mass is 10.2. The molecule has 0 radical (unpaired) electrons. The van der Waals surface area contributed by atoms with Gasteiger partial charge in [0.2, 0.25) is 0 Å². The Morgan fingerprint density at radius 1 is 1.30 bits per heavy atom. The first-order valence-electron chi connectivity index (χ1n) is 6.92. The number of rotatable bonds is 9. The topological polar surface area (TPSA) is 67.8 Å². The Balaban J connectivity index is 2.07. The van der Waals surface area contributed by atoms with Gasteiger partial charge in [-0.2, -0.15) is 0 Å². The second-order valence-electron chi connectivity index (χ2n) is 4.52. The van der Waals surface area contributed by atoms with Crippen LogP contribution in [0.5, 0.6) is 0 Å². The number of alkyl carbamates (subject to hydrolysis) is 1. The van der Waals surface area contributed by atoms with Gasteiger partial charge in [-0.05, 0) is 12.0 Å². The number of amides is 1. The van der Waals surface area contributed by atoms with E-state index in [9.17, 15) is 9.90 Å². The summed E-state index contributed by atoms with van der Waals surface area (Å²) in [5, 5.41) is 12.2. The van der Waals surface area contributed by atoms with Gasteiger partial charge < -0.3 is 19.9 Å². The fourth-order valence-electron chi connectivity index (χ4n) is 1.51. The number of ether oxygens (including phenoxy) is 2. The van der Waals surface area contributed by atoms with Crippen LogP contribution in [0.15, 0.2) is 30.3 Å². The molecule has 0 aliphatic carbocycles.